The summed E-state index contributed by atoms with van der Waals surface area (Å²) in [6.45, 7) is 1.47. The Morgan fingerprint density at radius 2 is 1.77 bits per heavy atom. The van der Waals surface area contributed by atoms with E-state index in [0.29, 0.717) is 11.8 Å². The minimum atomic E-state index is -4.57. The second-order valence-corrected chi connectivity index (χ2v) is 7.38. The lowest BCUT2D eigenvalue weighted by Crippen LogP contribution is -2.27. The summed E-state index contributed by atoms with van der Waals surface area (Å²) < 4.78 is 64.9. The van der Waals surface area contributed by atoms with Crippen LogP contribution in [0.1, 0.15) is 21.7 Å². The van der Waals surface area contributed by atoms with Crippen LogP contribution >= 0.6 is 11.8 Å². The van der Waals surface area contributed by atoms with E-state index in [1.54, 1.807) is 0 Å². The van der Waals surface area contributed by atoms with Crippen molar-refractivity contribution in [2.75, 3.05) is 5.32 Å². The van der Waals surface area contributed by atoms with Crippen LogP contribution in [0.15, 0.2) is 64.3 Å². The highest BCUT2D eigenvalue weighted by molar-refractivity contribution is 7.99. The molecule has 0 bridgehead atoms. The molecule has 0 saturated heterocycles. The van der Waals surface area contributed by atoms with Gasteiger partial charge in [0.15, 0.2) is 5.69 Å². The average Bonchev–Trinajstić information content (AvgIpc) is 2.68. The molecular weight excluding hydrogens is 441 g/mol. The van der Waals surface area contributed by atoms with E-state index in [1.165, 1.54) is 43.3 Å². The van der Waals surface area contributed by atoms with Crippen LogP contribution in [0.2, 0.25) is 0 Å². The van der Waals surface area contributed by atoms with Crippen LogP contribution in [0.4, 0.5) is 27.6 Å². The number of aryl methyl sites for hydroxylation is 1. The third kappa shape index (κ3) is 5.48. The van der Waals surface area contributed by atoms with Crippen LogP contribution in [-0.4, -0.2) is 21.4 Å². The van der Waals surface area contributed by atoms with Crippen molar-refractivity contribution in [2.24, 2.45) is 0 Å². The summed E-state index contributed by atoms with van der Waals surface area (Å²) in [5.41, 5.74) is -1.67. The van der Waals surface area contributed by atoms with E-state index in [2.05, 4.69) is 10.4 Å². The fraction of sp³-hybridized carbons (Fsp3) is 0.150. The molecule has 31 heavy (non-hydrogen) atoms. The van der Waals surface area contributed by atoms with Gasteiger partial charge in [0, 0.05) is 22.3 Å². The lowest BCUT2D eigenvalue weighted by Gasteiger charge is -2.13. The minimum absolute atomic E-state index is 0.0229. The Morgan fingerprint density at radius 1 is 1.10 bits per heavy atom. The molecule has 162 valence electrons. The van der Waals surface area contributed by atoms with Gasteiger partial charge >= 0.3 is 6.18 Å². The normalized spacial score (nSPS) is 11.6. The smallest absolute Gasteiger partial charge is 0.320 e. The van der Waals surface area contributed by atoms with Crippen molar-refractivity contribution in [1.82, 2.24) is 9.78 Å². The van der Waals surface area contributed by atoms with E-state index in [0.717, 1.165) is 22.9 Å². The number of benzene rings is 2. The fourth-order valence-corrected chi connectivity index (χ4v) is 3.19. The molecule has 1 heterocycles. The Morgan fingerprint density at radius 3 is 2.39 bits per heavy atom. The topological polar surface area (TPSA) is 64.0 Å². The van der Waals surface area contributed by atoms with Crippen molar-refractivity contribution in [3.63, 3.8) is 0 Å². The number of alkyl halides is 5. The molecule has 1 N–H and O–H groups in total. The summed E-state index contributed by atoms with van der Waals surface area (Å²) in [6, 6.07) is 10.9. The lowest BCUT2D eigenvalue weighted by molar-refractivity contribution is -0.137. The van der Waals surface area contributed by atoms with Crippen LogP contribution < -0.4 is 10.7 Å². The molecule has 0 radical (unpaired) electrons. The van der Waals surface area contributed by atoms with Gasteiger partial charge in [0.05, 0.1) is 11.3 Å². The zero-order valence-electron chi connectivity index (χ0n) is 15.8. The summed E-state index contributed by atoms with van der Waals surface area (Å²) in [5, 5.41) is 6.36. The molecule has 0 unspecified atom stereocenters. The van der Waals surface area contributed by atoms with Crippen molar-refractivity contribution >= 4 is 23.4 Å². The van der Waals surface area contributed by atoms with Gasteiger partial charge in [-0.1, -0.05) is 17.8 Å². The summed E-state index contributed by atoms with van der Waals surface area (Å²) in [7, 11) is 0. The molecule has 0 fully saturated rings. The summed E-state index contributed by atoms with van der Waals surface area (Å²) in [5.74, 6) is -3.48. The second-order valence-electron chi connectivity index (χ2n) is 6.32. The highest BCUT2D eigenvalue weighted by atomic mass is 32.2. The summed E-state index contributed by atoms with van der Waals surface area (Å²) in [4.78, 5) is 25.1. The van der Waals surface area contributed by atoms with E-state index in [-0.39, 0.29) is 22.0 Å². The van der Waals surface area contributed by atoms with E-state index in [1.807, 2.05) is 0 Å². The maximum atomic E-state index is 13.0. The predicted octanol–water partition coefficient (Wildman–Crippen LogP) is 5.13. The number of halogens is 5. The van der Waals surface area contributed by atoms with Gasteiger partial charge in [-0.3, -0.25) is 9.59 Å². The number of nitrogens with one attached hydrogen (secondary N) is 1. The molecule has 0 aliphatic heterocycles. The van der Waals surface area contributed by atoms with Crippen LogP contribution in [0.25, 0.3) is 5.69 Å². The molecule has 1 aromatic heterocycles. The number of rotatable bonds is 5. The van der Waals surface area contributed by atoms with Crippen molar-refractivity contribution < 1.29 is 26.7 Å². The zero-order valence-corrected chi connectivity index (χ0v) is 16.6. The number of carbonyl (C=O) groups excluding carboxylic acids is 1. The van der Waals surface area contributed by atoms with Crippen molar-refractivity contribution in [3.8, 4) is 5.69 Å². The molecule has 3 rings (SSSR count). The fourth-order valence-electron chi connectivity index (χ4n) is 2.69. The highest BCUT2D eigenvalue weighted by Gasteiger charge is 2.30. The number of aromatic nitrogens is 2. The third-order valence-corrected chi connectivity index (χ3v) is 4.80. The maximum absolute atomic E-state index is 13.0. The molecule has 2 aromatic carbocycles. The van der Waals surface area contributed by atoms with Crippen molar-refractivity contribution in [3.05, 3.63) is 81.8 Å². The first-order chi connectivity index (χ1) is 14.5. The van der Waals surface area contributed by atoms with E-state index < -0.39 is 34.5 Å². The summed E-state index contributed by atoms with van der Waals surface area (Å²) >= 11 is 0.337. The molecule has 0 saturated carbocycles. The first kappa shape index (κ1) is 22.5. The molecule has 11 heteroatoms. The first-order valence-electron chi connectivity index (χ1n) is 8.69. The van der Waals surface area contributed by atoms with Gasteiger partial charge in [-0.2, -0.15) is 27.1 Å². The molecule has 0 atom stereocenters. The Bertz CT molecular complexity index is 1160. The SMILES string of the molecule is Cc1cc(=O)c(C(=O)Nc2ccc(SC(F)F)cc2)nn1-c1cccc(C(F)(F)F)c1. The largest absolute Gasteiger partial charge is 0.416 e. The van der Waals surface area contributed by atoms with Gasteiger partial charge in [-0.05, 0) is 49.4 Å². The number of hydrogen-bond acceptors (Lipinski definition) is 4. The van der Waals surface area contributed by atoms with Gasteiger partial charge in [0.1, 0.15) is 0 Å². The van der Waals surface area contributed by atoms with Crippen LogP contribution in [0.5, 0.6) is 0 Å². The zero-order chi connectivity index (χ0) is 22.8. The first-order valence-corrected chi connectivity index (χ1v) is 9.57. The average molecular weight is 455 g/mol. The van der Waals surface area contributed by atoms with E-state index in [4.69, 9.17) is 0 Å². The number of nitrogens with zero attached hydrogens (tertiary/aromatic N) is 2. The third-order valence-electron chi connectivity index (χ3n) is 4.08. The molecule has 0 aliphatic carbocycles. The number of amides is 1. The van der Waals surface area contributed by atoms with Crippen molar-refractivity contribution in [2.45, 2.75) is 23.8 Å². The van der Waals surface area contributed by atoms with Gasteiger partial charge < -0.3 is 5.32 Å². The van der Waals surface area contributed by atoms with E-state index in [9.17, 15) is 31.5 Å². The van der Waals surface area contributed by atoms with Crippen LogP contribution in [-0.2, 0) is 6.18 Å². The minimum Gasteiger partial charge on any atom is -0.320 e. The van der Waals surface area contributed by atoms with Gasteiger partial charge in [-0.15, -0.1) is 0 Å². The van der Waals surface area contributed by atoms with Crippen LogP contribution in [0.3, 0.4) is 0 Å². The Hall–Kier alpha value is -3.21. The Balaban J connectivity index is 1.91. The number of carbonyl (C=O) groups is 1. The Kier molecular flexibility index (Phi) is 6.44. The van der Waals surface area contributed by atoms with Crippen molar-refractivity contribution in [1.29, 1.82) is 0 Å². The highest BCUT2D eigenvalue weighted by Crippen LogP contribution is 2.30. The molecule has 3 aromatic rings. The van der Waals surface area contributed by atoms with Gasteiger partial charge in [-0.25, -0.2) is 4.68 Å². The quantitative estimate of drug-likeness (QED) is 0.428. The molecule has 1 amide bonds. The monoisotopic (exact) mass is 455 g/mol. The molecule has 5 nitrogen and oxygen atoms in total. The van der Waals surface area contributed by atoms with E-state index >= 15 is 0 Å². The number of thioether (sulfide) groups is 1. The molecule has 0 spiro atoms. The number of hydrogen-bond donors (Lipinski definition) is 1. The molecule has 0 aliphatic rings. The van der Waals surface area contributed by atoms with Gasteiger partial charge in [0.2, 0.25) is 5.43 Å². The second kappa shape index (κ2) is 8.88. The Labute approximate surface area is 176 Å². The maximum Gasteiger partial charge on any atom is 0.416 e. The predicted molar refractivity (Wildman–Crippen MR) is 106 cm³/mol. The summed E-state index contributed by atoms with van der Waals surface area (Å²) in [6.07, 6.45) is -4.57. The molecular formula is C20H14F5N3O2S. The number of anilines is 1. The van der Waals surface area contributed by atoms with Crippen LogP contribution in [0, 0.1) is 6.92 Å². The lowest BCUT2D eigenvalue weighted by atomic mass is 10.2. The van der Waals surface area contributed by atoms with Gasteiger partial charge in [0.25, 0.3) is 11.7 Å². The standard InChI is InChI=1S/C20H14F5N3O2S/c1-11-9-16(29)17(18(30)26-13-5-7-15(8-6-13)31-19(21)22)27-28(11)14-4-2-3-12(10-14)20(23,24)25/h2-10,19H,1H3,(H,26,30).